The summed E-state index contributed by atoms with van der Waals surface area (Å²) >= 11 is 0. The third-order valence-corrected chi connectivity index (χ3v) is 3.28. The quantitative estimate of drug-likeness (QED) is 0.690. The lowest BCUT2D eigenvalue weighted by Gasteiger charge is -2.19. The molecule has 4 nitrogen and oxygen atoms in total. The van der Waals surface area contributed by atoms with Gasteiger partial charge in [-0.25, -0.2) is 0 Å². The van der Waals surface area contributed by atoms with Gasteiger partial charge in [0.25, 0.3) is 0 Å². The summed E-state index contributed by atoms with van der Waals surface area (Å²) in [6, 6.07) is 0.137. The fourth-order valence-corrected chi connectivity index (χ4v) is 1.61. The van der Waals surface area contributed by atoms with Gasteiger partial charge in [-0.15, -0.1) is 0 Å². The molecule has 1 atom stereocenters. The van der Waals surface area contributed by atoms with Crippen LogP contribution in [0.25, 0.3) is 0 Å². The normalized spacial score (nSPS) is 18.6. The molecule has 1 fully saturated rings. The van der Waals surface area contributed by atoms with Gasteiger partial charge in [0.2, 0.25) is 11.8 Å². The van der Waals surface area contributed by atoms with Crippen molar-refractivity contribution in [2.24, 2.45) is 11.3 Å². The molecule has 1 unspecified atom stereocenters. The van der Waals surface area contributed by atoms with Gasteiger partial charge in [0, 0.05) is 12.6 Å². The Kier molecular flexibility index (Phi) is 4.54. The molecule has 0 aromatic heterocycles. The summed E-state index contributed by atoms with van der Waals surface area (Å²) in [5.41, 5.74) is -0.766. The number of nitrogens with one attached hydrogen (secondary N) is 2. The number of rotatable bonds is 6. The van der Waals surface area contributed by atoms with E-state index in [1.54, 1.807) is 0 Å². The second-order valence-electron chi connectivity index (χ2n) is 5.47. The van der Waals surface area contributed by atoms with E-state index in [1.807, 2.05) is 27.7 Å². The smallest absolute Gasteiger partial charge is 0.235 e. The van der Waals surface area contributed by atoms with Gasteiger partial charge in [0.15, 0.2) is 0 Å². The Morgan fingerprint density at radius 3 is 2.18 bits per heavy atom. The van der Waals surface area contributed by atoms with E-state index in [0.717, 1.165) is 6.42 Å². The zero-order valence-corrected chi connectivity index (χ0v) is 11.3. The molecular formula is C13H24N2O2. The Morgan fingerprint density at radius 2 is 1.76 bits per heavy atom. The van der Waals surface area contributed by atoms with Crippen molar-refractivity contribution in [2.75, 3.05) is 6.54 Å². The van der Waals surface area contributed by atoms with Crippen LogP contribution in [0.2, 0.25) is 0 Å². The number of carbonyl (C=O) groups is 2. The molecule has 0 saturated heterocycles. The molecule has 17 heavy (non-hydrogen) atoms. The van der Waals surface area contributed by atoms with Crippen LogP contribution in [0.15, 0.2) is 0 Å². The molecular weight excluding hydrogens is 216 g/mol. The van der Waals surface area contributed by atoms with Gasteiger partial charge in [-0.1, -0.05) is 20.8 Å². The minimum absolute atomic E-state index is 0.104. The molecule has 1 aliphatic carbocycles. The van der Waals surface area contributed by atoms with Crippen molar-refractivity contribution < 1.29 is 9.59 Å². The van der Waals surface area contributed by atoms with E-state index in [1.165, 1.54) is 0 Å². The highest BCUT2D eigenvalue weighted by atomic mass is 16.2. The predicted molar refractivity (Wildman–Crippen MR) is 67.4 cm³/mol. The van der Waals surface area contributed by atoms with E-state index in [9.17, 15) is 9.59 Å². The van der Waals surface area contributed by atoms with E-state index in [0.29, 0.717) is 25.3 Å². The van der Waals surface area contributed by atoms with Crippen LogP contribution in [-0.4, -0.2) is 24.4 Å². The lowest BCUT2D eigenvalue weighted by molar-refractivity contribution is -0.137. The predicted octanol–water partition coefficient (Wildman–Crippen LogP) is 1.45. The monoisotopic (exact) mass is 240 g/mol. The highest BCUT2D eigenvalue weighted by Crippen LogP contribution is 2.46. The number of hydrogen-bond donors (Lipinski definition) is 2. The molecule has 0 aliphatic heterocycles. The van der Waals surface area contributed by atoms with Crippen molar-refractivity contribution in [2.45, 2.75) is 53.0 Å². The van der Waals surface area contributed by atoms with Gasteiger partial charge in [0.1, 0.15) is 5.41 Å². The van der Waals surface area contributed by atoms with Crippen LogP contribution in [0.3, 0.4) is 0 Å². The van der Waals surface area contributed by atoms with Crippen LogP contribution >= 0.6 is 0 Å². The lowest BCUT2D eigenvalue weighted by atomic mass is 10.0. The maximum atomic E-state index is 12.0. The summed E-state index contributed by atoms with van der Waals surface area (Å²) in [4.78, 5) is 24.0. The van der Waals surface area contributed by atoms with Crippen LogP contribution in [0, 0.1) is 11.3 Å². The topological polar surface area (TPSA) is 58.2 Å². The van der Waals surface area contributed by atoms with E-state index in [4.69, 9.17) is 0 Å². The highest BCUT2D eigenvalue weighted by molar-refractivity contribution is 6.07. The fourth-order valence-electron chi connectivity index (χ4n) is 1.61. The van der Waals surface area contributed by atoms with E-state index in [-0.39, 0.29) is 17.9 Å². The van der Waals surface area contributed by atoms with Crippen LogP contribution < -0.4 is 10.6 Å². The first-order valence-electron chi connectivity index (χ1n) is 6.51. The third-order valence-electron chi connectivity index (χ3n) is 3.28. The molecule has 1 rings (SSSR count). The van der Waals surface area contributed by atoms with Gasteiger partial charge in [-0.2, -0.15) is 0 Å². The fraction of sp³-hybridized carbons (Fsp3) is 0.846. The third kappa shape index (κ3) is 3.45. The van der Waals surface area contributed by atoms with Crippen molar-refractivity contribution in [1.82, 2.24) is 10.6 Å². The van der Waals surface area contributed by atoms with Gasteiger partial charge in [0.05, 0.1) is 0 Å². The Labute approximate surface area is 104 Å². The Hall–Kier alpha value is -1.06. The number of amides is 2. The summed E-state index contributed by atoms with van der Waals surface area (Å²) in [5, 5.41) is 5.76. The number of hydrogen-bond acceptors (Lipinski definition) is 2. The average molecular weight is 240 g/mol. The standard InChI is InChI=1S/C13H24N2O2/c1-5-10(4)15-12(17)13(6-7-13)11(16)14-8-9(2)3/h9-10H,5-8H2,1-4H3,(H,14,16)(H,15,17). The van der Waals surface area contributed by atoms with E-state index in [2.05, 4.69) is 10.6 Å². The summed E-state index contributed by atoms with van der Waals surface area (Å²) in [5.74, 6) is 0.201. The average Bonchev–Trinajstić information content (AvgIpc) is 3.06. The second-order valence-corrected chi connectivity index (χ2v) is 5.47. The van der Waals surface area contributed by atoms with Gasteiger partial charge < -0.3 is 10.6 Å². The first-order valence-corrected chi connectivity index (χ1v) is 6.51. The number of carbonyl (C=O) groups excluding carboxylic acids is 2. The van der Waals surface area contributed by atoms with Crippen LogP contribution in [0.5, 0.6) is 0 Å². The second kappa shape index (κ2) is 5.52. The molecule has 2 N–H and O–H groups in total. The van der Waals surface area contributed by atoms with Crippen LogP contribution in [0.4, 0.5) is 0 Å². The molecule has 0 aromatic rings. The van der Waals surface area contributed by atoms with Crippen LogP contribution in [0.1, 0.15) is 47.0 Å². The Morgan fingerprint density at radius 1 is 1.18 bits per heavy atom. The van der Waals surface area contributed by atoms with Gasteiger partial charge in [-0.3, -0.25) is 9.59 Å². The summed E-state index contributed by atoms with van der Waals surface area (Å²) in [6.07, 6.45) is 2.24. The lowest BCUT2D eigenvalue weighted by Crippen LogP contribution is -2.46. The maximum Gasteiger partial charge on any atom is 0.235 e. The van der Waals surface area contributed by atoms with Crippen molar-refractivity contribution >= 4 is 11.8 Å². The van der Waals surface area contributed by atoms with E-state index < -0.39 is 5.41 Å². The summed E-state index contributed by atoms with van der Waals surface area (Å²) < 4.78 is 0. The molecule has 98 valence electrons. The summed E-state index contributed by atoms with van der Waals surface area (Å²) in [7, 11) is 0. The Balaban J connectivity index is 2.50. The largest absolute Gasteiger partial charge is 0.355 e. The first-order chi connectivity index (χ1) is 7.92. The minimum atomic E-state index is -0.766. The molecule has 0 radical (unpaired) electrons. The van der Waals surface area contributed by atoms with Crippen LogP contribution in [-0.2, 0) is 9.59 Å². The molecule has 4 heteroatoms. The summed E-state index contributed by atoms with van der Waals surface area (Å²) in [6.45, 7) is 8.69. The molecule has 0 aromatic carbocycles. The zero-order valence-electron chi connectivity index (χ0n) is 11.3. The van der Waals surface area contributed by atoms with Crippen molar-refractivity contribution in [3.8, 4) is 0 Å². The van der Waals surface area contributed by atoms with Crippen molar-refractivity contribution in [3.05, 3.63) is 0 Å². The highest BCUT2D eigenvalue weighted by Gasteiger charge is 2.56. The molecule has 0 bridgehead atoms. The molecule has 2 amide bonds. The van der Waals surface area contributed by atoms with Gasteiger partial charge in [-0.05, 0) is 32.1 Å². The SMILES string of the molecule is CCC(C)NC(=O)C1(C(=O)NCC(C)C)CC1. The van der Waals surface area contributed by atoms with E-state index >= 15 is 0 Å². The van der Waals surface area contributed by atoms with Gasteiger partial charge >= 0.3 is 0 Å². The molecule has 1 saturated carbocycles. The first kappa shape index (κ1) is 14.0. The minimum Gasteiger partial charge on any atom is -0.355 e. The maximum absolute atomic E-state index is 12.0. The van der Waals surface area contributed by atoms with Crippen molar-refractivity contribution in [1.29, 1.82) is 0 Å². The molecule has 1 aliphatic rings. The Bertz CT molecular complexity index is 296. The molecule has 0 spiro atoms. The van der Waals surface area contributed by atoms with Crippen molar-refractivity contribution in [3.63, 3.8) is 0 Å². The zero-order chi connectivity index (χ0) is 13.1. The molecule has 0 heterocycles.